The summed E-state index contributed by atoms with van der Waals surface area (Å²) in [6, 6.07) is 10.4. The molecular weight excluding hydrogens is 350 g/mol. The van der Waals surface area contributed by atoms with Gasteiger partial charge in [0.2, 0.25) is 0 Å². The molecule has 0 aliphatic heterocycles. The summed E-state index contributed by atoms with van der Waals surface area (Å²) in [7, 11) is -3.28. The van der Waals surface area contributed by atoms with Crippen molar-refractivity contribution in [3.63, 3.8) is 0 Å². The molecule has 0 atom stereocenters. The normalized spacial score (nSPS) is 11.7. The van der Waals surface area contributed by atoms with E-state index < -0.39 is 15.5 Å². The molecule has 0 saturated heterocycles. The van der Waals surface area contributed by atoms with Crippen molar-refractivity contribution in [2.75, 3.05) is 11.6 Å². The van der Waals surface area contributed by atoms with Gasteiger partial charge in [-0.3, -0.25) is 0 Å². The van der Waals surface area contributed by atoms with Crippen molar-refractivity contribution in [1.82, 2.24) is 0 Å². The van der Waals surface area contributed by atoms with Gasteiger partial charge in [-0.15, -0.1) is 0 Å². The molecule has 0 spiro atoms. The zero-order valence-corrected chi connectivity index (χ0v) is 16.0. The lowest BCUT2D eigenvalue weighted by Crippen LogP contribution is -2.08. The molecule has 0 saturated carbocycles. The van der Waals surface area contributed by atoms with E-state index in [9.17, 15) is 13.2 Å². The molecule has 26 heavy (non-hydrogen) atoms. The number of aryl methyl sites for hydroxylation is 3. The van der Waals surface area contributed by atoms with E-state index in [4.69, 9.17) is 4.42 Å². The van der Waals surface area contributed by atoms with Crippen LogP contribution in [0.4, 0.5) is 5.69 Å². The highest BCUT2D eigenvalue weighted by Crippen LogP contribution is 2.25. The summed E-state index contributed by atoms with van der Waals surface area (Å²) in [6.07, 6.45) is 1.18. The monoisotopic (exact) mass is 371 g/mol. The summed E-state index contributed by atoms with van der Waals surface area (Å²) in [4.78, 5) is 12.2. The van der Waals surface area contributed by atoms with Crippen LogP contribution in [0.25, 0.3) is 11.0 Å². The van der Waals surface area contributed by atoms with Crippen LogP contribution >= 0.6 is 0 Å². The zero-order chi connectivity index (χ0) is 19.1. The second kappa shape index (κ2) is 6.61. The van der Waals surface area contributed by atoms with Crippen molar-refractivity contribution < 1.29 is 12.8 Å². The van der Waals surface area contributed by atoms with Crippen LogP contribution < -0.4 is 10.9 Å². The van der Waals surface area contributed by atoms with Crippen LogP contribution in [0.5, 0.6) is 0 Å². The second-order valence-corrected chi connectivity index (χ2v) is 8.59. The molecule has 6 heteroatoms. The maximum atomic E-state index is 12.0. The first-order chi connectivity index (χ1) is 12.2. The van der Waals surface area contributed by atoms with Gasteiger partial charge >= 0.3 is 5.63 Å². The first-order valence-electron chi connectivity index (χ1n) is 8.24. The fourth-order valence-corrected chi connectivity index (χ4v) is 3.53. The molecule has 1 aromatic heterocycles. The van der Waals surface area contributed by atoms with Crippen LogP contribution in [0.1, 0.15) is 22.3 Å². The Bertz CT molecular complexity index is 1160. The number of benzene rings is 2. The van der Waals surface area contributed by atoms with Gasteiger partial charge in [0.1, 0.15) is 5.58 Å². The smallest absolute Gasteiger partial charge is 0.336 e. The van der Waals surface area contributed by atoms with Crippen molar-refractivity contribution in [3.8, 4) is 0 Å². The molecular formula is C20H21NO4S. The number of anilines is 1. The van der Waals surface area contributed by atoms with Gasteiger partial charge in [0.05, 0.1) is 4.90 Å². The van der Waals surface area contributed by atoms with Gasteiger partial charge in [-0.2, -0.15) is 0 Å². The van der Waals surface area contributed by atoms with Gasteiger partial charge in [-0.1, -0.05) is 18.2 Å². The molecule has 1 heterocycles. The molecule has 0 fully saturated rings. The lowest BCUT2D eigenvalue weighted by Gasteiger charge is -2.13. The maximum absolute atomic E-state index is 12.0. The van der Waals surface area contributed by atoms with E-state index in [1.165, 1.54) is 12.3 Å². The Hall–Kier alpha value is -2.60. The fourth-order valence-electron chi connectivity index (χ4n) is 2.88. The van der Waals surface area contributed by atoms with E-state index in [1.54, 1.807) is 18.2 Å². The van der Waals surface area contributed by atoms with E-state index >= 15 is 0 Å². The SMILES string of the molecule is Cc1ccc(S(C)(=O)=O)cc1NCc1cc(=O)oc2c(C)c(C)ccc12. The molecule has 0 amide bonds. The number of nitrogens with one attached hydrogen (secondary N) is 1. The Labute approximate surface area is 152 Å². The summed E-state index contributed by atoms with van der Waals surface area (Å²) in [5, 5.41) is 4.12. The lowest BCUT2D eigenvalue weighted by atomic mass is 10.0. The van der Waals surface area contributed by atoms with Gasteiger partial charge in [0.25, 0.3) is 0 Å². The van der Waals surface area contributed by atoms with Crippen molar-refractivity contribution in [2.24, 2.45) is 0 Å². The largest absolute Gasteiger partial charge is 0.422 e. The van der Waals surface area contributed by atoms with Crippen LogP contribution in [0.15, 0.2) is 50.5 Å². The zero-order valence-electron chi connectivity index (χ0n) is 15.2. The summed E-state index contributed by atoms with van der Waals surface area (Å²) >= 11 is 0. The topological polar surface area (TPSA) is 76.4 Å². The summed E-state index contributed by atoms with van der Waals surface area (Å²) < 4.78 is 28.9. The Morgan fingerprint density at radius 3 is 2.38 bits per heavy atom. The molecule has 0 radical (unpaired) electrons. The molecule has 3 aromatic rings. The van der Waals surface area contributed by atoms with Crippen LogP contribution in [0.2, 0.25) is 0 Å². The molecule has 1 N–H and O–H groups in total. The number of rotatable bonds is 4. The molecule has 0 aliphatic carbocycles. The molecule has 2 aromatic carbocycles. The predicted octanol–water partition coefficient (Wildman–Crippen LogP) is 3.73. The predicted molar refractivity (Wildman–Crippen MR) is 104 cm³/mol. The standard InChI is InChI=1S/C20H21NO4S/c1-12-6-8-17-15(9-19(22)25-20(17)14(12)3)11-21-18-10-16(26(4,23)24)7-5-13(18)2/h5-10,21H,11H2,1-4H3. The van der Waals surface area contributed by atoms with Gasteiger partial charge in [-0.25, -0.2) is 13.2 Å². The molecule has 5 nitrogen and oxygen atoms in total. The highest BCUT2D eigenvalue weighted by atomic mass is 32.2. The molecule has 0 bridgehead atoms. The summed E-state index contributed by atoms with van der Waals surface area (Å²) in [5.41, 5.74) is 4.65. The average molecular weight is 371 g/mol. The molecule has 0 unspecified atom stereocenters. The van der Waals surface area contributed by atoms with Crippen molar-refractivity contribution in [2.45, 2.75) is 32.2 Å². The van der Waals surface area contributed by atoms with Gasteiger partial charge in [0.15, 0.2) is 9.84 Å². The Kier molecular flexibility index (Phi) is 4.63. The molecule has 3 rings (SSSR count). The van der Waals surface area contributed by atoms with Crippen LogP contribution in [0.3, 0.4) is 0 Å². The van der Waals surface area contributed by atoms with Crippen molar-refractivity contribution >= 4 is 26.5 Å². The van der Waals surface area contributed by atoms with E-state index in [0.717, 1.165) is 33.3 Å². The first kappa shape index (κ1) is 18.2. The Morgan fingerprint density at radius 1 is 1.00 bits per heavy atom. The van der Waals surface area contributed by atoms with Crippen LogP contribution in [-0.2, 0) is 16.4 Å². The molecule has 136 valence electrons. The third-order valence-electron chi connectivity index (χ3n) is 4.62. The Balaban J connectivity index is 2.01. The number of sulfone groups is 1. The van der Waals surface area contributed by atoms with Crippen LogP contribution in [0, 0.1) is 20.8 Å². The first-order valence-corrected chi connectivity index (χ1v) is 10.1. The minimum atomic E-state index is -3.28. The van der Waals surface area contributed by atoms with E-state index in [1.807, 2.05) is 32.9 Å². The number of hydrogen-bond donors (Lipinski definition) is 1. The highest BCUT2D eigenvalue weighted by molar-refractivity contribution is 7.90. The third kappa shape index (κ3) is 3.51. The molecule has 0 aliphatic rings. The third-order valence-corrected chi connectivity index (χ3v) is 5.73. The minimum absolute atomic E-state index is 0.259. The maximum Gasteiger partial charge on any atom is 0.336 e. The lowest BCUT2D eigenvalue weighted by molar-refractivity contribution is 0.556. The van der Waals surface area contributed by atoms with E-state index in [0.29, 0.717) is 12.1 Å². The quantitative estimate of drug-likeness (QED) is 0.707. The Morgan fingerprint density at radius 2 is 1.69 bits per heavy atom. The fraction of sp³-hybridized carbons (Fsp3) is 0.250. The second-order valence-electron chi connectivity index (χ2n) is 6.58. The van der Waals surface area contributed by atoms with E-state index in [2.05, 4.69) is 5.32 Å². The van der Waals surface area contributed by atoms with Crippen molar-refractivity contribution in [1.29, 1.82) is 0 Å². The van der Waals surface area contributed by atoms with Crippen molar-refractivity contribution in [3.05, 3.63) is 69.1 Å². The van der Waals surface area contributed by atoms with E-state index in [-0.39, 0.29) is 4.90 Å². The van der Waals surface area contributed by atoms with Gasteiger partial charge in [0, 0.05) is 29.9 Å². The average Bonchev–Trinajstić information content (AvgIpc) is 2.56. The highest BCUT2D eigenvalue weighted by Gasteiger charge is 2.12. The minimum Gasteiger partial charge on any atom is -0.422 e. The summed E-state index contributed by atoms with van der Waals surface area (Å²) in [5.74, 6) is 0. The van der Waals surface area contributed by atoms with Gasteiger partial charge < -0.3 is 9.73 Å². The van der Waals surface area contributed by atoms with Crippen LogP contribution in [-0.4, -0.2) is 14.7 Å². The van der Waals surface area contributed by atoms with Gasteiger partial charge in [-0.05, 0) is 55.2 Å². The number of fused-ring (bicyclic) bond motifs is 1. The number of hydrogen-bond acceptors (Lipinski definition) is 5. The summed E-state index contributed by atoms with van der Waals surface area (Å²) in [6.45, 7) is 6.19.